The number of nitrogens with two attached hydrogens (primary N) is 1. The largest absolute Gasteiger partial charge is 0.485 e. The molecule has 200 valence electrons. The zero-order valence-electron chi connectivity index (χ0n) is 20.8. The van der Waals surface area contributed by atoms with Crippen LogP contribution in [0.1, 0.15) is 0 Å². The fraction of sp³-hybridized carbons (Fsp3) is 0.417. The minimum absolute atomic E-state index is 0.0838. The molecule has 6 rings (SSSR count). The van der Waals surface area contributed by atoms with Crippen LogP contribution in [0.15, 0.2) is 34.9 Å². The van der Waals surface area contributed by atoms with E-state index in [4.69, 9.17) is 14.9 Å². The number of ether oxygens (including phenoxy) is 1. The van der Waals surface area contributed by atoms with Gasteiger partial charge in [-0.15, -0.1) is 5.10 Å². The Morgan fingerprint density at radius 3 is 2.66 bits per heavy atom. The van der Waals surface area contributed by atoms with Gasteiger partial charge in [-0.3, -0.25) is 4.90 Å². The molecule has 0 bridgehead atoms. The molecular formula is C24H28F2N10O2. The third-order valence-corrected chi connectivity index (χ3v) is 6.81. The van der Waals surface area contributed by atoms with Crippen molar-refractivity contribution in [1.29, 1.82) is 0 Å². The van der Waals surface area contributed by atoms with Crippen LogP contribution in [-0.2, 0) is 0 Å². The van der Waals surface area contributed by atoms with Crippen LogP contribution in [-0.4, -0.2) is 95.0 Å². The highest BCUT2D eigenvalue weighted by Crippen LogP contribution is 2.30. The molecule has 38 heavy (non-hydrogen) atoms. The summed E-state index contributed by atoms with van der Waals surface area (Å²) in [4.78, 5) is 19.4. The van der Waals surface area contributed by atoms with Crippen LogP contribution in [0.3, 0.4) is 0 Å². The number of rotatable bonds is 8. The molecule has 0 spiro atoms. The summed E-state index contributed by atoms with van der Waals surface area (Å²) in [5, 5.41) is 7.39. The Morgan fingerprint density at radius 2 is 1.95 bits per heavy atom. The summed E-state index contributed by atoms with van der Waals surface area (Å²) in [6.45, 7) is 5.40. The Kier molecular flexibility index (Phi) is 6.41. The Morgan fingerprint density at radius 1 is 1.13 bits per heavy atom. The normalized spacial score (nSPS) is 16.7. The number of nitrogens with zero attached hydrogens (tertiary/aromatic N) is 8. The van der Waals surface area contributed by atoms with Gasteiger partial charge in [0, 0.05) is 71.5 Å². The minimum Gasteiger partial charge on any atom is -0.485 e. The molecule has 2 saturated heterocycles. The SMILES string of the molecule is CN(CCN1CCN(c2cc(OC3CNC3)c(F)cc2F)CC1)c1nc(N)n2nc(-c3ccco3)nc2n1. The number of nitrogen functional groups attached to an aromatic ring is 1. The number of anilines is 3. The third kappa shape index (κ3) is 4.79. The van der Waals surface area contributed by atoms with Crippen LogP contribution in [0, 0.1) is 11.6 Å². The number of halogens is 2. The van der Waals surface area contributed by atoms with Crippen molar-refractivity contribution in [3.05, 3.63) is 42.2 Å². The first-order valence-electron chi connectivity index (χ1n) is 12.4. The number of nitrogens with one attached hydrogen (secondary N) is 1. The number of fused-ring (bicyclic) bond motifs is 1. The maximum atomic E-state index is 14.6. The van der Waals surface area contributed by atoms with Gasteiger partial charge in [-0.05, 0) is 12.1 Å². The molecule has 0 amide bonds. The monoisotopic (exact) mass is 526 g/mol. The van der Waals surface area contributed by atoms with Crippen molar-refractivity contribution in [3.63, 3.8) is 0 Å². The van der Waals surface area contributed by atoms with E-state index in [1.807, 2.05) is 16.8 Å². The van der Waals surface area contributed by atoms with E-state index in [1.165, 1.54) is 10.6 Å². The number of piperazine rings is 1. The summed E-state index contributed by atoms with van der Waals surface area (Å²) in [6.07, 6.45) is 1.46. The predicted octanol–water partition coefficient (Wildman–Crippen LogP) is 1.25. The van der Waals surface area contributed by atoms with E-state index in [9.17, 15) is 8.78 Å². The molecule has 0 radical (unpaired) electrons. The van der Waals surface area contributed by atoms with Gasteiger partial charge >= 0.3 is 0 Å². The van der Waals surface area contributed by atoms with E-state index in [-0.39, 0.29) is 17.8 Å². The van der Waals surface area contributed by atoms with E-state index in [2.05, 4.69) is 30.3 Å². The van der Waals surface area contributed by atoms with Crippen molar-refractivity contribution in [1.82, 2.24) is 34.8 Å². The second-order valence-electron chi connectivity index (χ2n) is 9.39. The van der Waals surface area contributed by atoms with E-state index in [1.54, 1.807) is 18.4 Å². The second kappa shape index (κ2) is 10.0. The molecule has 3 N–H and O–H groups in total. The molecule has 0 aliphatic carbocycles. The average Bonchev–Trinajstić information content (AvgIpc) is 3.56. The summed E-state index contributed by atoms with van der Waals surface area (Å²) in [5.41, 5.74) is 6.48. The number of furan rings is 1. The third-order valence-electron chi connectivity index (χ3n) is 6.81. The average molecular weight is 527 g/mol. The molecule has 12 nitrogen and oxygen atoms in total. The van der Waals surface area contributed by atoms with E-state index >= 15 is 0 Å². The first-order valence-corrected chi connectivity index (χ1v) is 12.4. The molecule has 2 aliphatic rings. The molecule has 0 atom stereocenters. The number of aromatic nitrogens is 5. The quantitative estimate of drug-likeness (QED) is 0.344. The van der Waals surface area contributed by atoms with Gasteiger partial charge in [-0.2, -0.15) is 19.5 Å². The molecule has 0 unspecified atom stereocenters. The van der Waals surface area contributed by atoms with Crippen molar-refractivity contribution in [2.75, 3.05) is 74.9 Å². The van der Waals surface area contributed by atoms with Crippen molar-refractivity contribution in [2.45, 2.75) is 6.10 Å². The smallest absolute Gasteiger partial charge is 0.259 e. The topological polar surface area (TPSA) is 126 Å². The van der Waals surface area contributed by atoms with Crippen LogP contribution >= 0.6 is 0 Å². The lowest BCUT2D eigenvalue weighted by molar-refractivity contribution is 0.136. The number of likely N-dealkylation sites (N-methyl/N-ethyl adjacent to an activating group) is 1. The molecule has 14 heteroatoms. The second-order valence-corrected chi connectivity index (χ2v) is 9.39. The molecule has 2 aliphatic heterocycles. The first kappa shape index (κ1) is 24.3. The zero-order chi connectivity index (χ0) is 26.2. The van der Waals surface area contributed by atoms with E-state index in [0.717, 1.165) is 25.7 Å². The summed E-state index contributed by atoms with van der Waals surface area (Å²) in [7, 11) is 1.89. The predicted molar refractivity (Wildman–Crippen MR) is 136 cm³/mol. The highest BCUT2D eigenvalue weighted by atomic mass is 19.1. The lowest BCUT2D eigenvalue weighted by Crippen LogP contribution is -2.50. The van der Waals surface area contributed by atoms with Gasteiger partial charge in [-0.1, -0.05) is 0 Å². The molecule has 1 aromatic carbocycles. The number of hydrogen-bond acceptors (Lipinski definition) is 11. The summed E-state index contributed by atoms with van der Waals surface area (Å²) in [6, 6.07) is 5.90. The molecule has 5 heterocycles. The van der Waals surface area contributed by atoms with Gasteiger partial charge in [0.15, 0.2) is 17.3 Å². The maximum absolute atomic E-state index is 14.6. The Hall–Kier alpha value is -4.04. The molecular weight excluding hydrogens is 498 g/mol. The van der Waals surface area contributed by atoms with Gasteiger partial charge in [-0.25, -0.2) is 8.78 Å². The zero-order valence-corrected chi connectivity index (χ0v) is 20.8. The van der Waals surface area contributed by atoms with Crippen molar-refractivity contribution in [2.24, 2.45) is 0 Å². The van der Waals surface area contributed by atoms with Crippen molar-refractivity contribution >= 4 is 23.4 Å². The Labute approximate surface area is 217 Å². The summed E-state index contributed by atoms with van der Waals surface area (Å²) >= 11 is 0. The van der Waals surface area contributed by atoms with Crippen LogP contribution in [0.2, 0.25) is 0 Å². The lowest BCUT2D eigenvalue weighted by Gasteiger charge is -2.37. The first-order chi connectivity index (χ1) is 18.4. The van der Waals surface area contributed by atoms with Gasteiger partial charge in [0.25, 0.3) is 5.78 Å². The molecule has 3 aromatic heterocycles. The van der Waals surface area contributed by atoms with Crippen LogP contribution < -0.4 is 25.6 Å². The standard InChI is InChI=1S/C24H28F2N10O2/c1-33(23-30-22(27)36-24(31-23)29-21(32-36)19-3-2-10-37-19)4-5-34-6-8-35(9-7-34)18-12-20(17(26)11-16(18)25)38-15-13-28-14-15/h2-3,10-12,15,28H,4-9,13-14H2,1H3,(H2,27,29,30,31,32). The van der Waals surface area contributed by atoms with Crippen LogP contribution in [0.25, 0.3) is 17.4 Å². The van der Waals surface area contributed by atoms with E-state index in [0.29, 0.717) is 61.7 Å². The van der Waals surface area contributed by atoms with Crippen molar-refractivity contribution in [3.8, 4) is 17.3 Å². The summed E-state index contributed by atoms with van der Waals surface area (Å²) in [5.74, 6) is 0.681. The number of benzene rings is 1. The fourth-order valence-electron chi connectivity index (χ4n) is 4.45. The van der Waals surface area contributed by atoms with Gasteiger partial charge in [0.1, 0.15) is 11.9 Å². The Balaban J connectivity index is 1.06. The minimum atomic E-state index is -0.677. The highest BCUT2D eigenvalue weighted by molar-refractivity contribution is 5.54. The van der Waals surface area contributed by atoms with E-state index < -0.39 is 11.6 Å². The van der Waals surface area contributed by atoms with Crippen LogP contribution in [0.5, 0.6) is 5.75 Å². The summed E-state index contributed by atoms with van der Waals surface area (Å²) < 4.78 is 41.2. The Bertz CT molecular complexity index is 1420. The maximum Gasteiger partial charge on any atom is 0.259 e. The van der Waals surface area contributed by atoms with Gasteiger partial charge in [0.05, 0.1) is 12.0 Å². The van der Waals surface area contributed by atoms with Crippen molar-refractivity contribution < 1.29 is 17.9 Å². The molecule has 4 aromatic rings. The molecule has 2 fully saturated rings. The van der Waals surface area contributed by atoms with Gasteiger partial charge < -0.3 is 30.0 Å². The highest BCUT2D eigenvalue weighted by Gasteiger charge is 2.25. The van der Waals surface area contributed by atoms with Gasteiger partial charge in [0.2, 0.25) is 17.7 Å². The number of hydrogen-bond donors (Lipinski definition) is 2. The lowest BCUT2D eigenvalue weighted by atomic mass is 10.2. The molecule has 0 saturated carbocycles. The van der Waals surface area contributed by atoms with Crippen LogP contribution in [0.4, 0.5) is 26.4 Å². The fourth-order valence-corrected chi connectivity index (χ4v) is 4.45.